The van der Waals surface area contributed by atoms with Crippen LogP contribution >= 0.6 is 0 Å². The van der Waals surface area contributed by atoms with Crippen molar-refractivity contribution in [1.29, 1.82) is 0 Å². The van der Waals surface area contributed by atoms with E-state index in [4.69, 9.17) is 28.9 Å². The number of methoxy groups -OCH3 is 3. The molecule has 1 amide bonds. The highest BCUT2D eigenvalue weighted by atomic mass is 16.5. The molecule has 2 fully saturated rings. The Morgan fingerprint density at radius 3 is 1.46 bits per heavy atom. The zero-order valence-electron chi connectivity index (χ0n) is 32.7. The van der Waals surface area contributed by atoms with Crippen LogP contribution in [0.25, 0.3) is 0 Å². The number of nitrogens with one attached hydrogen (secondary N) is 1. The molecular weight excluding hydrogens is 711 g/mol. The second kappa shape index (κ2) is 17.4. The minimum absolute atomic E-state index is 0.0732. The van der Waals surface area contributed by atoms with E-state index in [2.05, 4.69) is 34.1 Å². The van der Waals surface area contributed by atoms with Crippen LogP contribution in [-0.2, 0) is 30.7 Å². The lowest BCUT2D eigenvalue weighted by Crippen LogP contribution is -2.49. The molecule has 56 heavy (non-hydrogen) atoms. The number of ether oxygens (including phenoxy) is 5. The Labute approximate surface area is 329 Å². The first kappa shape index (κ1) is 39.1. The summed E-state index contributed by atoms with van der Waals surface area (Å²) in [6.07, 6.45) is 7.85. The van der Waals surface area contributed by atoms with Crippen LogP contribution in [0.3, 0.4) is 0 Å². The van der Waals surface area contributed by atoms with Gasteiger partial charge in [0.2, 0.25) is 0 Å². The van der Waals surface area contributed by atoms with Crippen LogP contribution < -0.4 is 24.4 Å². The molecule has 0 saturated carbocycles. The Kier molecular flexibility index (Phi) is 12.1. The van der Waals surface area contributed by atoms with Gasteiger partial charge >= 0.3 is 5.97 Å². The van der Waals surface area contributed by atoms with E-state index in [0.29, 0.717) is 11.1 Å². The number of esters is 1. The van der Waals surface area contributed by atoms with Gasteiger partial charge in [-0.05, 0) is 134 Å². The molecule has 2 saturated heterocycles. The number of hydroxylamine groups is 1. The van der Waals surface area contributed by atoms with E-state index in [1.807, 2.05) is 48.5 Å². The highest BCUT2D eigenvalue weighted by molar-refractivity contribution is 5.93. The monoisotopic (exact) mass is 763 g/mol. The maximum absolute atomic E-state index is 11.7. The topological polar surface area (TPSA) is 119 Å². The first-order chi connectivity index (χ1) is 27.2. The molecule has 4 aromatic rings. The number of hydrogen-bond acceptors (Lipinski definition) is 10. The molecule has 0 aromatic heterocycles. The summed E-state index contributed by atoms with van der Waals surface area (Å²) in [4.78, 5) is 28.3. The van der Waals surface area contributed by atoms with Crippen molar-refractivity contribution in [3.8, 4) is 23.0 Å². The van der Waals surface area contributed by atoms with Crippen LogP contribution in [0.5, 0.6) is 23.0 Å². The third-order valence-electron chi connectivity index (χ3n) is 11.9. The number of rotatable bonds is 8. The summed E-state index contributed by atoms with van der Waals surface area (Å²) in [5.41, 5.74) is 7.29. The smallest absolute Gasteiger partial charge is 0.337 e. The number of aryl methyl sites for hydroxylation is 2. The van der Waals surface area contributed by atoms with Gasteiger partial charge in [-0.3, -0.25) is 19.8 Å². The number of benzene rings is 4. The van der Waals surface area contributed by atoms with Crippen molar-refractivity contribution in [2.45, 2.75) is 75.7 Å². The van der Waals surface area contributed by atoms with Crippen molar-refractivity contribution < 1.29 is 38.5 Å². The molecule has 4 aromatic carbocycles. The van der Waals surface area contributed by atoms with E-state index in [1.165, 1.54) is 18.2 Å². The largest absolute Gasteiger partial charge is 0.497 e. The van der Waals surface area contributed by atoms with Crippen LogP contribution in [-0.4, -0.2) is 85.6 Å². The van der Waals surface area contributed by atoms with E-state index in [-0.39, 0.29) is 17.2 Å². The second-order valence-electron chi connectivity index (χ2n) is 15.4. The molecule has 4 aliphatic rings. The second-order valence-corrected chi connectivity index (χ2v) is 15.4. The summed E-state index contributed by atoms with van der Waals surface area (Å²) in [6, 6.07) is 27.6. The summed E-state index contributed by atoms with van der Waals surface area (Å²) in [7, 11) is 4.79. The molecule has 0 atom stereocenters. The molecule has 0 radical (unpaired) electrons. The number of carbonyl (C=O) groups is 2. The van der Waals surface area contributed by atoms with Gasteiger partial charge in [0.25, 0.3) is 5.91 Å². The minimum Gasteiger partial charge on any atom is -0.497 e. The molecule has 2 N–H and O–H groups in total. The zero-order valence-corrected chi connectivity index (χ0v) is 32.7. The SMILES string of the molecule is COC(=O)c1ccc2c(c1)CCC1(CCN(Cc3ccc(OC)cc3)CC1)O2.COc1ccc(CN2CCC3(CCc4cc(C(=O)NO)ccc4O3)CC2)cc1. The highest BCUT2D eigenvalue weighted by Crippen LogP contribution is 2.41. The standard InChI is InChI=1S/C23H27NO4.C22H26N2O4/c1-26-20-6-3-17(4-7-20)16-24-13-11-23(12-14-24)10-9-18-15-19(22(25)27-2)5-8-21(18)28-23;1-27-19-5-2-16(3-6-19)15-24-12-10-22(11-13-24)9-8-17-14-18(21(25)23-26)4-7-20(17)28-22/h3-8,15H,9-14,16H2,1-2H3;2-7,14,26H,8-13,15H2,1H3,(H,23,25). The van der Waals surface area contributed by atoms with Gasteiger partial charge in [-0.1, -0.05) is 24.3 Å². The van der Waals surface area contributed by atoms with Crippen molar-refractivity contribution in [2.24, 2.45) is 0 Å². The van der Waals surface area contributed by atoms with Gasteiger partial charge in [0.1, 0.15) is 34.2 Å². The predicted octanol–water partition coefficient (Wildman–Crippen LogP) is 7.02. The number of amides is 1. The van der Waals surface area contributed by atoms with E-state index < -0.39 is 5.91 Å². The maximum atomic E-state index is 11.7. The van der Waals surface area contributed by atoms with Crippen LogP contribution in [0.1, 0.15) is 81.5 Å². The normalized spacial score (nSPS) is 18.2. The van der Waals surface area contributed by atoms with E-state index in [9.17, 15) is 9.59 Å². The summed E-state index contributed by atoms with van der Waals surface area (Å²) in [5, 5.41) is 8.81. The Morgan fingerprint density at radius 1 is 0.625 bits per heavy atom. The Hall–Kier alpha value is -5.10. The number of hydrogen-bond donors (Lipinski definition) is 2. The summed E-state index contributed by atoms with van der Waals surface area (Å²) < 4.78 is 28.2. The zero-order chi connectivity index (χ0) is 39.1. The molecule has 0 aliphatic carbocycles. The summed E-state index contributed by atoms with van der Waals surface area (Å²) in [5.74, 6) is 2.78. The Balaban J connectivity index is 0.000000172. The highest BCUT2D eigenvalue weighted by Gasteiger charge is 2.41. The first-order valence-electron chi connectivity index (χ1n) is 19.6. The lowest BCUT2D eigenvalue weighted by atomic mass is 9.82. The fourth-order valence-electron chi connectivity index (χ4n) is 8.41. The number of carbonyl (C=O) groups excluding carboxylic acids is 2. The van der Waals surface area contributed by atoms with E-state index in [0.717, 1.165) is 125 Å². The predicted molar refractivity (Wildman–Crippen MR) is 212 cm³/mol. The van der Waals surface area contributed by atoms with Crippen molar-refractivity contribution in [3.63, 3.8) is 0 Å². The number of fused-ring (bicyclic) bond motifs is 2. The van der Waals surface area contributed by atoms with E-state index >= 15 is 0 Å². The van der Waals surface area contributed by atoms with Crippen LogP contribution in [0.4, 0.5) is 0 Å². The molecule has 11 heteroatoms. The summed E-state index contributed by atoms with van der Waals surface area (Å²) >= 11 is 0. The lowest BCUT2D eigenvalue weighted by Gasteiger charge is -2.44. The average Bonchev–Trinajstić information content (AvgIpc) is 3.25. The molecular formula is C45H53N3O8. The fourth-order valence-corrected chi connectivity index (χ4v) is 8.41. The van der Waals surface area contributed by atoms with Crippen molar-refractivity contribution >= 4 is 11.9 Å². The molecule has 296 valence electrons. The lowest BCUT2D eigenvalue weighted by molar-refractivity contribution is -0.0165. The van der Waals surface area contributed by atoms with Crippen molar-refractivity contribution in [3.05, 3.63) is 118 Å². The van der Waals surface area contributed by atoms with Gasteiger partial charge in [-0.25, -0.2) is 10.3 Å². The minimum atomic E-state index is -0.491. The first-order valence-corrected chi connectivity index (χ1v) is 19.6. The van der Waals surface area contributed by atoms with Crippen LogP contribution in [0.15, 0.2) is 84.9 Å². The van der Waals surface area contributed by atoms with Gasteiger partial charge in [0.05, 0.1) is 26.9 Å². The van der Waals surface area contributed by atoms with Crippen LogP contribution in [0.2, 0.25) is 0 Å². The average molecular weight is 764 g/mol. The van der Waals surface area contributed by atoms with Gasteiger partial charge in [-0.15, -0.1) is 0 Å². The van der Waals surface area contributed by atoms with Gasteiger partial charge in [0, 0.05) is 44.8 Å². The number of piperidine rings is 2. The molecule has 4 aliphatic heterocycles. The third-order valence-corrected chi connectivity index (χ3v) is 11.9. The molecule has 0 bridgehead atoms. The number of nitrogens with zero attached hydrogens (tertiary/aromatic N) is 2. The quantitative estimate of drug-likeness (QED) is 0.110. The fraction of sp³-hybridized carbons (Fsp3) is 0.422. The summed E-state index contributed by atoms with van der Waals surface area (Å²) in [6.45, 7) is 5.97. The molecule has 11 nitrogen and oxygen atoms in total. The molecule has 4 heterocycles. The number of likely N-dealkylation sites (tertiary alicyclic amines) is 2. The molecule has 0 unspecified atom stereocenters. The molecule has 8 rings (SSSR count). The van der Waals surface area contributed by atoms with Crippen LogP contribution in [0, 0.1) is 0 Å². The van der Waals surface area contributed by atoms with Gasteiger partial charge < -0.3 is 23.7 Å². The molecule has 2 spiro atoms. The Bertz CT molecular complexity index is 1820. The van der Waals surface area contributed by atoms with Gasteiger partial charge in [-0.2, -0.15) is 0 Å². The van der Waals surface area contributed by atoms with Crippen molar-refractivity contribution in [2.75, 3.05) is 47.5 Å². The Morgan fingerprint density at radius 2 is 1.05 bits per heavy atom. The van der Waals surface area contributed by atoms with Crippen molar-refractivity contribution in [1.82, 2.24) is 15.3 Å². The van der Waals surface area contributed by atoms with Gasteiger partial charge in [0.15, 0.2) is 0 Å². The maximum Gasteiger partial charge on any atom is 0.337 e. The van der Waals surface area contributed by atoms with E-state index in [1.54, 1.807) is 31.8 Å². The third kappa shape index (κ3) is 9.12.